The van der Waals surface area contributed by atoms with E-state index in [1.165, 1.54) is 4.90 Å². The Balaban J connectivity index is 1.24. The van der Waals surface area contributed by atoms with Crippen LogP contribution in [0, 0.1) is 5.92 Å². The first kappa shape index (κ1) is 19.2. The molecule has 0 radical (unpaired) electrons. The summed E-state index contributed by atoms with van der Waals surface area (Å²) in [4.78, 5) is 42.9. The first-order valence-electron chi connectivity index (χ1n) is 10.4. The molecule has 1 fully saturated rings. The number of benzene rings is 1. The van der Waals surface area contributed by atoms with Crippen LogP contribution < -0.4 is 10.6 Å². The number of rotatable bonds is 7. The van der Waals surface area contributed by atoms with Gasteiger partial charge in [0.25, 0.3) is 11.8 Å². The van der Waals surface area contributed by atoms with E-state index in [0.29, 0.717) is 35.6 Å². The highest BCUT2D eigenvalue weighted by atomic mass is 16.2. The number of hydrogen-bond acceptors (Lipinski definition) is 6. The van der Waals surface area contributed by atoms with Crippen LogP contribution in [0.1, 0.15) is 46.9 Å². The second kappa shape index (κ2) is 7.50. The Bertz CT molecular complexity index is 1160. The van der Waals surface area contributed by atoms with E-state index >= 15 is 0 Å². The zero-order valence-electron chi connectivity index (χ0n) is 17.0. The maximum atomic E-state index is 12.6. The van der Waals surface area contributed by atoms with E-state index in [2.05, 4.69) is 20.7 Å². The summed E-state index contributed by atoms with van der Waals surface area (Å²) >= 11 is 0. The highest BCUT2D eigenvalue weighted by Gasteiger charge is 2.37. The standard InChI is InChI=1S/C22H22N6O3/c1-13(27-20(30)15-5-2-3-6-16(15)21(27)31)11-12-23-17-7-4-8-18-24-22(26-28(17)18)25-19(29)14-9-10-14/h2-8,13-14,23H,9-12H2,1H3,(H,25,26,29). The number of aromatic nitrogens is 3. The summed E-state index contributed by atoms with van der Waals surface area (Å²) in [5, 5.41) is 10.4. The molecule has 1 atom stereocenters. The lowest BCUT2D eigenvalue weighted by atomic mass is 10.1. The van der Waals surface area contributed by atoms with Gasteiger partial charge in [0.1, 0.15) is 5.82 Å². The zero-order chi connectivity index (χ0) is 21.5. The third kappa shape index (κ3) is 3.52. The number of anilines is 2. The van der Waals surface area contributed by atoms with E-state index in [1.807, 2.05) is 25.1 Å². The second-order valence-electron chi connectivity index (χ2n) is 7.97. The molecule has 2 aliphatic rings. The van der Waals surface area contributed by atoms with Gasteiger partial charge in [-0.15, -0.1) is 5.10 Å². The Kier molecular flexibility index (Phi) is 4.65. The van der Waals surface area contributed by atoms with Gasteiger partial charge in [0.15, 0.2) is 5.65 Å². The summed E-state index contributed by atoms with van der Waals surface area (Å²) in [5.74, 6) is 0.537. The molecule has 9 nitrogen and oxygen atoms in total. The van der Waals surface area contributed by atoms with Crippen LogP contribution in [0.4, 0.5) is 11.8 Å². The van der Waals surface area contributed by atoms with Crippen LogP contribution in [0.3, 0.4) is 0 Å². The highest BCUT2D eigenvalue weighted by molar-refractivity contribution is 6.21. The molecule has 2 aromatic heterocycles. The maximum absolute atomic E-state index is 12.6. The predicted molar refractivity (Wildman–Crippen MR) is 114 cm³/mol. The Morgan fingerprint density at radius 3 is 2.48 bits per heavy atom. The summed E-state index contributed by atoms with van der Waals surface area (Å²) in [6.07, 6.45) is 2.40. The van der Waals surface area contributed by atoms with Gasteiger partial charge in [-0.3, -0.25) is 24.6 Å². The number of fused-ring (bicyclic) bond motifs is 2. The smallest absolute Gasteiger partial charge is 0.261 e. The largest absolute Gasteiger partial charge is 0.370 e. The van der Waals surface area contributed by atoms with Gasteiger partial charge < -0.3 is 5.32 Å². The summed E-state index contributed by atoms with van der Waals surface area (Å²) in [7, 11) is 0. The first-order valence-corrected chi connectivity index (χ1v) is 10.4. The number of nitrogens with one attached hydrogen (secondary N) is 2. The second-order valence-corrected chi connectivity index (χ2v) is 7.97. The number of hydrogen-bond donors (Lipinski definition) is 2. The summed E-state index contributed by atoms with van der Waals surface area (Å²) in [6.45, 7) is 2.39. The summed E-state index contributed by atoms with van der Waals surface area (Å²) in [6, 6.07) is 12.2. The Morgan fingerprint density at radius 2 is 1.81 bits per heavy atom. The number of carbonyl (C=O) groups excluding carboxylic acids is 3. The minimum atomic E-state index is -0.261. The van der Waals surface area contributed by atoms with Gasteiger partial charge in [-0.25, -0.2) is 0 Å². The Morgan fingerprint density at radius 1 is 1.10 bits per heavy atom. The van der Waals surface area contributed by atoms with Crippen molar-refractivity contribution >= 4 is 35.1 Å². The molecule has 0 bridgehead atoms. The fraction of sp³-hybridized carbons (Fsp3) is 0.318. The van der Waals surface area contributed by atoms with Crippen LogP contribution in [0.5, 0.6) is 0 Å². The molecule has 158 valence electrons. The van der Waals surface area contributed by atoms with Gasteiger partial charge >= 0.3 is 0 Å². The fourth-order valence-corrected chi connectivity index (χ4v) is 3.80. The van der Waals surface area contributed by atoms with E-state index < -0.39 is 0 Å². The molecule has 5 rings (SSSR count). The summed E-state index contributed by atoms with van der Waals surface area (Å²) in [5.41, 5.74) is 1.53. The predicted octanol–water partition coefficient (Wildman–Crippen LogP) is 2.56. The van der Waals surface area contributed by atoms with Crippen molar-refractivity contribution in [3.63, 3.8) is 0 Å². The molecule has 1 aliphatic carbocycles. The molecular weight excluding hydrogens is 396 g/mol. The van der Waals surface area contributed by atoms with Crippen molar-refractivity contribution in [3.05, 3.63) is 53.6 Å². The van der Waals surface area contributed by atoms with Crippen molar-refractivity contribution in [1.82, 2.24) is 19.5 Å². The molecule has 3 heterocycles. The molecule has 3 aromatic rings. The van der Waals surface area contributed by atoms with Crippen molar-refractivity contribution in [2.24, 2.45) is 5.92 Å². The van der Waals surface area contributed by atoms with Crippen molar-refractivity contribution < 1.29 is 14.4 Å². The lowest BCUT2D eigenvalue weighted by Gasteiger charge is -2.22. The van der Waals surface area contributed by atoms with E-state index in [1.54, 1.807) is 28.8 Å². The third-order valence-corrected chi connectivity index (χ3v) is 5.68. The number of nitrogens with zero attached hydrogens (tertiary/aromatic N) is 4. The molecule has 1 saturated carbocycles. The third-order valence-electron chi connectivity index (χ3n) is 5.68. The van der Waals surface area contributed by atoms with E-state index in [0.717, 1.165) is 12.8 Å². The highest BCUT2D eigenvalue weighted by Crippen LogP contribution is 2.30. The van der Waals surface area contributed by atoms with E-state index in [-0.39, 0.29) is 35.6 Å². The van der Waals surface area contributed by atoms with Crippen LogP contribution in [-0.4, -0.2) is 49.8 Å². The van der Waals surface area contributed by atoms with E-state index in [4.69, 9.17) is 0 Å². The van der Waals surface area contributed by atoms with Crippen LogP contribution in [0.25, 0.3) is 5.65 Å². The molecule has 31 heavy (non-hydrogen) atoms. The SMILES string of the molecule is CC(CCNc1cccc2nc(NC(=O)C3CC3)nn12)N1C(=O)c2ccccc2C1=O. The lowest BCUT2D eigenvalue weighted by molar-refractivity contribution is -0.117. The van der Waals surface area contributed by atoms with Crippen molar-refractivity contribution in [2.75, 3.05) is 17.2 Å². The zero-order valence-corrected chi connectivity index (χ0v) is 17.0. The average molecular weight is 418 g/mol. The molecule has 0 saturated heterocycles. The molecule has 1 unspecified atom stereocenters. The van der Waals surface area contributed by atoms with E-state index in [9.17, 15) is 14.4 Å². The average Bonchev–Trinajstić information content (AvgIpc) is 3.49. The molecule has 0 spiro atoms. The lowest BCUT2D eigenvalue weighted by Crippen LogP contribution is -2.39. The number of carbonyl (C=O) groups is 3. The Labute approximate surface area is 178 Å². The summed E-state index contributed by atoms with van der Waals surface area (Å²) < 4.78 is 1.63. The van der Waals surface area contributed by atoms with Crippen molar-refractivity contribution in [1.29, 1.82) is 0 Å². The maximum Gasteiger partial charge on any atom is 0.261 e. The fourth-order valence-electron chi connectivity index (χ4n) is 3.80. The van der Waals surface area contributed by atoms with Gasteiger partial charge in [0.05, 0.1) is 11.1 Å². The minimum Gasteiger partial charge on any atom is -0.370 e. The Hall–Kier alpha value is -3.75. The monoisotopic (exact) mass is 418 g/mol. The molecule has 2 N–H and O–H groups in total. The van der Waals surface area contributed by atoms with Crippen LogP contribution in [-0.2, 0) is 4.79 Å². The van der Waals surface area contributed by atoms with Crippen LogP contribution in [0.2, 0.25) is 0 Å². The number of imide groups is 1. The number of amides is 3. The normalized spacial score (nSPS) is 16.5. The van der Waals surface area contributed by atoms with Gasteiger partial charge in [-0.2, -0.15) is 9.50 Å². The van der Waals surface area contributed by atoms with Crippen molar-refractivity contribution in [3.8, 4) is 0 Å². The van der Waals surface area contributed by atoms with Gasteiger partial charge in [-0.05, 0) is 50.5 Å². The van der Waals surface area contributed by atoms with Crippen molar-refractivity contribution in [2.45, 2.75) is 32.2 Å². The molecular formula is C22H22N6O3. The molecule has 1 aliphatic heterocycles. The van der Waals surface area contributed by atoms with Gasteiger partial charge in [0, 0.05) is 18.5 Å². The van der Waals surface area contributed by atoms with Crippen LogP contribution >= 0.6 is 0 Å². The van der Waals surface area contributed by atoms with Crippen LogP contribution in [0.15, 0.2) is 42.5 Å². The molecule has 9 heteroatoms. The van der Waals surface area contributed by atoms with Gasteiger partial charge in [0.2, 0.25) is 11.9 Å². The molecule has 1 aromatic carbocycles. The number of pyridine rings is 1. The topological polar surface area (TPSA) is 109 Å². The minimum absolute atomic E-state index is 0.0415. The van der Waals surface area contributed by atoms with Gasteiger partial charge in [-0.1, -0.05) is 18.2 Å². The first-order chi connectivity index (χ1) is 15.0. The quantitative estimate of drug-likeness (QED) is 0.571. The molecule has 3 amide bonds.